The number of ether oxygens (including phenoxy) is 1. The smallest absolute Gasteiger partial charge is 0.273 e. The molecule has 0 heterocycles. The van der Waals surface area contributed by atoms with E-state index in [4.69, 9.17) is 16.3 Å². The molecule has 1 aliphatic rings. The van der Waals surface area contributed by atoms with Crippen LogP contribution in [-0.2, 0) is 0 Å². The quantitative estimate of drug-likeness (QED) is 0.678. The normalized spacial score (nSPS) is 23.7. The highest BCUT2D eigenvalue weighted by Crippen LogP contribution is 2.32. The summed E-state index contributed by atoms with van der Waals surface area (Å²) >= 11 is 5.94. The standard InChI is InChI=1S/C12H14ClNO4/c13-9-6-5-8(14(16)17)7-12(9)18-11-4-2-1-3-10(11)15/h5-7,10-11,15H,1-4H2/t10-,11-/m1/s1. The van der Waals surface area contributed by atoms with E-state index in [1.54, 1.807) is 0 Å². The maximum absolute atomic E-state index is 10.7. The van der Waals surface area contributed by atoms with Crippen LogP contribution >= 0.6 is 11.6 Å². The molecule has 6 heteroatoms. The van der Waals surface area contributed by atoms with Gasteiger partial charge in [0.05, 0.1) is 22.1 Å². The van der Waals surface area contributed by atoms with Crippen molar-refractivity contribution in [1.29, 1.82) is 0 Å². The number of nitro groups is 1. The molecule has 1 saturated carbocycles. The Morgan fingerprint density at radius 2 is 2.11 bits per heavy atom. The van der Waals surface area contributed by atoms with Gasteiger partial charge in [0.1, 0.15) is 11.9 Å². The third kappa shape index (κ3) is 2.91. The predicted octanol–water partition coefficient (Wildman–Crippen LogP) is 2.93. The number of aliphatic hydroxyl groups excluding tert-OH is 1. The molecule has 1 fully saturated rings. The molecule has 1 aliphatic carbocycles. The summed E-state index contributed by atoms with van der Waals surface area (Å²) in [6.45, 7) is 0. The van der Waals surface area contributed by atoms with Crippen molar-refractivity contribution in [2.24, 2.45) is 0 Å². The van der Waals surface area contributed by atoms with Crippen LogP contribution in [0.2, 0.25) is 5.02 Å². The van der Waals surface area contributed by atoms with Gasteiger partial charge < -0.3 is 9.84 Å². The minimum atomic E-state index is -0.533. The average molecular weight is 272 g/mol. The second-order valence-corrected chi connectivity index (χ2v) is 4.79. The molecule has 1 N–H and O–H groups in total. The molecule has 0 spiro atoms. The van der Waals surface area contributed by atoms with Crippen LogP contribution < -0.4 is 4.74 Å². The van der Waals surface area contributed by atoms with E-state index in [0.29, 0.717) is 11.4 Å². The van der Waals surface area contributed by atoms with Crippen molar-refractivity contribution in [3.05, 3.63) is 33.3 Å². The molecule has 0 bridgehead atoms. The van der Waals surface area contributed by atoms with Crippen LogP contribution in [-0.4, -0.2) is 22.2 Å². The van der Waals surface area contributed by atoms with Crippen LogP contribution in [0.5, 0.6) is 5.75 Å². The van der Waals surface area contributed by atoms with Gasteiger partial charge in [0.15, 0.2) is 0 Å². The molecule has 0 aliphatic heterocycles. The molecule has 2 atom stereocenters. The number of hydrogen-bond donors (Lipinski definition) is 1. The molecular formula is C12H14ClNO4. The monoisotopic (exact) mass is 271 g/mol. The fourth-order valence-electron chi connectivity index (χ4n) is 2.07. The van der Waals surface area contributed by atoms with Crippen molar-refractivity contribution in [3.8, 4) is 5.75 Å². The first kappa shape index (κ1) is 13.1. The van der Waals surface area contributed by atoms with Crippen molar-refractivity contribution in [3.63, 3.8) is 0 Å². The largest absolute Gasteiger partial charge is 0.486 e. The summed E-state index contributed by atoms with van der Waals surface area (Å²) in [4.78, 5) is 10.2. The second-order valence-electron chi connectivity index (χ2n) is 4.38. The third-order valence-corrected chi connectivity index (χ3v) is 3.38. The van der Waals surface area contributed by atoms with Crippen LogP contribution in [0.25, 0.3) is 0 Å². The van der Waals surface area contributed by atoms with Crippen molar-refractivity contribution >= 4 is 17.3 Å². The Morgan fingerprint density at radius 1 is 1.39 bits per heavy atom. The zero-order chi connectivity index (χ0) is 13.1. The highest BCUT2D eigenvalue weighted by molar-refractivity contribution is 6.32. The van der Waals surface area contributed by atoms with E-state index in [1.807, 2.05) is 0 Å². The summed E-state index contributed by atoms with van der Waals surface area (Å²) in [6.07, 6.45) is 2.52. The van der Waals surface area contributed by atoms with Crippen molar-refractivity contribution in [2.75, 3.05) is 0 Å². The zero-order valence-corrected chi connectivity index (χ0v) is 10.5. The fourth-order valence-corrected chi connectivity index (χ4v) is 2.24. The van der Waals surface area contributed by atoms with Gasteiger partial charge in [-0.1, -0.05) is 18.0 Å². The zero-order valence-electron chi connectivity index (χ0n) is 9.71. The summed E-state index contributed by atoms with van der Waals surface area (Å²) < 4.78 is 5.60. The number of rotatable bonds is 3. The lowest BCUT2D eigenvalue weighted by molar-refractivity contribution is -0.385. The number of aliphatic hydroxyl groups is 1. The summed E-state index contributed by atoms with van der Waals surface area (Å²) in [6, 6.07) is 4.06. The van der Waals surface area contributed by atoms with Gasteiger partial charge in [0.25, 0.3) is 5.69 Å². The number of nitrogens with zero attached hydrogens (tertiary/aromatic N) is 1. The van der Waals surface area contributed by atoms with Gasteiger partial charge in [0, 0.05) is 6.07 Å². The van der Waals surface area contributed by atoms with Crippen LogP contribution in [0.1, 0.15) is 25.7 Å². The van der Waals surface area contributed by atoms with E-state index in [2.05, 4.69) is 0 Å². The number of nitro benzene ring substituents is 1. The van der Waals surface area contributed by atoms with Crippen molar-refractivity contribution in [2.45, 2.75) is 37.9 Å². The average Bonchev–Trinajstić information content (AvgIpc) is 2.34. The molecule has 98 valence electrons. The number of halogens is 1. The summed E-state index contributed by atoms with van der Waals surface area (Å²) in [5.74, 6) is 0.261. The van der Waals surface area contributed by atoms with Gasteiger partial charge in [0.2, 0.25) is 0 Å². The number of hydrogen-bond acceptors (Lipinski definition) is 4. The van der Waals surface area contributed by atoms with Crippen LogP contribution in [0.15, 0.2) is 18.2 Å². The first-order chi connectivity index (χ1) is 8.58. The molecule has 0 aromatic heterocycles. The topological polar surface area (TPSA) is 72.6 Å². The van der Waals surface area contributed by atoms with Crippen LogP contribution in [0, 0.1) is 10.1 Å². The van der Waals surface area contributed by atoms with Gasteiger partial charge in [-0.3, -0.25) is 10.1 Å². The Labute approximate surface area is 109 Å². The first-order valence-electron chi connectivity index (χ1n) is 5.86. The van der Waals surface area contributed by atoms with Crippen molar-refractivity contribution in [1.82, 2.24) is 0 Å². The van der Waals surface area contributed by atoms with E-state index in [1.165, 1.54) is 18.2 Å². The Morgan fingerprint density at radius 3 is 2.78 bits per heavy atom. The number of benzene rings is 1. The first-order valence-corrected chi connectivity index (χ1v) is 6.24. The second kappa shape index (κ2) is 5.54. The molecule has 0 saturated heterocycles. The molecule has 0 amide bonds. The summed E-state index contributed by atoms with van der Waals surface area (Å²) in [7, 11) is 0. The maximum atomic E-state index is 10.7. The fraction of sp³-hybridized carbons (Fsp3) is 0.500. The van der Waals surface area contributed by atoms with Crippen LogP contribution in [0.4, 0.5) is 5.69 Å². The molecule has 5 nitrogen and oxygen atoms in total. The van der Waals surface area contributed by atoms with Gasteiger partial charge in [-0.25, -0.2) is 0 Å². The van der Waals surface area contributed by atoms with E-state index >= 15 is 0 Å². The van der Waals surface area contributed by atoms with E-state index < -0.39 is 11.0 Å². The molecule has 18 heavy (non-hydrogen) atoms. The molecular weight excluding hydrogens is 258 g/mol. The Bertz CT molecular complexity index is 452. The third-order valence-electron chi connectivity index (χ3n) is 3.07. The highest BCUT2D eigenvalue weighted by atomic mass is 35.5. The lowest BCUT2D eigenvalue weighted by atomic mass is 9.95. The minimum absolute atomic E-state index is 0.0697. The highest BCUT2D eigenvalue weighted by Gasteiger charge is 2.25. The van der Waals surface area contributed by atoms with Gasteiger partial charge in [-0.15, -0.1) is 0 Å². The van der Waals surface area contributed by atoms with Gasteiger partial charge in [-0.2, -0.15) is 0 Å². The molecule has 0 unspecified atom stereocenters. The molecule has 0 radical (unpaired) electrons. The van der Waals surface area contributed by atoms with Crippen LogP contribution in [0.3, 0.4) is 0 Å². The SMILES string of the molecule is O=[N+]([O-])c1ccc(Cl)c(O[C@@H]2CCCC[C@H]2O)c1. The summed E-state index contributed by atoms with van der Waals surface area (Å²) in [5.41, 5.74) is -0.0697. The Balaban J connectivity index is 2.17. The van der Waals surface area contributed by atoms with Crippen molar-refractivity contribution < 1.29 is 14.8 Å². The van der Waals surface area contributed by atoms with E-state index in [0.717, 1.165) is 19.3 Å². The van der Waals surface area contributed by atoms with Gasteiger partial charge in [-0.05, 0) is 25.3 Å². The predicted molar refractivity (Wildman–Crippen MR) is 67.0 cm³/mol. The Hall–Kier alpha value is -1.33. The molecule has 1 aromatic carbocycles. The lowest BCUT2D eigenvalue weighted by Gasteiger charge is -2.28. The minimum Gasteiger partial charge on any atom is -0.486 e. The molecule has 2 rings (SSSR count). The van der Waals surface area contributed by atoms with E-state index in [9.17, 15) is 15.2 Å². The lowest BCUT2D eigenvalue weighted by Crippen LogP contribution is -2.34. The Kier molecular flexibility index (Phi) is 4.04. The molecule has 1 aromatic rings. The maximum Gasteiger partial charge on any atom is 0.273 e. The van der Waals surface area contributed by atoms with E-state index in [-0.39, 0.29) is 17.5 Å². The number of non-ortho nitro benzene ring substituents is 1. The van der Waals surface area contributed by atoms with Gasteiger partial charge >= 0.3 is 0 Å². The summed E-state index contributed by atoms with van der Waals surface area (Å²) in [5, 5.41) is 20.8.